The van der Waals surface area contributed by atoms with Crippen LogP contribution in [0.15, 0.2) is 41.6 Å². The van der Waals surface area contributed by atoms with Gasteiger partial charge in [0.1, 0.15) is 28.8 Å². The highest BCUT2D eigenvalue weighted by atomic mass is 32.2. The highest BCUT2D eigenvalue weighted by molar-refractivity contribution is 7.89. The molecule has 260 valence electrons. The van der Waals surface area contributed by atoms with Crippen LogP contribution in [0.5, 0.6) is 5.75 Å². The Morgan fingerprint density at radius 3 is 2.19 bits per heavy atom. The van der Waals surface area contributed by atoms with Crippen LogP contribution in [0.2, 0.25) is 0 Å². The van der Waals surface area contributed by atoms with Crippen LogP contribution < -0.4 is 26.0 Å². The van der Waals surface area contributed by atoms with Gasteiger partial charge in [0.25, 0.3) is 0 Å². The quantitative estimate of drug-likeness (QED) is 0.290. The molecule has 0 bridgehead atoms. The highest BCUT2D eigenvalue weighted by Crippen LogP contribution is 2.19. The second kappa shape index (κ2) is 16.7. The topological polar surface area (TPSA) is 181 Å². The molecule has 2 heterocycles. The normalized spacial score (nSPS) is 22.6. The third-order valence-electron chi connectivity index (χ3n) is 7.90. The van der Waals surface area contributed by atoms with Crippen LogP contribution in [0.25, 0.3) is 0 Å². The van der Waals surface area contributed by atoms with Gasteiger partial charge in [-0.3, -0.25) is 23.9 Å². The number of rotatable bonds is 10. The Labute approximate surface area is 277 Å². The molecule has 1 fully saturated rings. The fraction of sp³-hybridized carbons (Fsp3) is 0.594. The Bertz CT molecular complexity index is 1490. The van der Waals surface area contributed by atoms with Crippen LogP contribution in [-0.4, -0.2) is 90.5 Å². The first kappa shape index (κ1) is 37.5. The monoisotopic (exact) mass is 675 g/mol. The second-order valence-electron chi connectivity index (χ2n) is 12.7. The Morgan fingerprint density at radius 2 is 1.60 bits per heavy atom. The van der Waals surface area contributed by atoms with Crippen molar-refractivity contribution >= 4 is 33.7 Å². The van der Waals surface area contributed by atoms with Crippen LogP contribution >= 0.6 is 0 Å². The summed E-state index contributed by atoms with van der Waals surface area (Å²) in [6, 6.07) is 3.13. The zero-order chi connectivity index (χ0) is 34.9. The van der Waals surface area contributed by atoms with Crippen LogP contribution in [0, 0.1) is 11.8 Å². The fourth-order valence-electron chi connectivity index (χ4n) is 5.14. The number of benzene rings is 1. The van der Waals surface area contributed by atoms with Crippen molar-refractivity contribution in [2.75, 3.05) is 20.2 Å². The number of aromatic nitrogens is 2. The summed E-state index contributed by atoms with van der Waals surface area (Å²) in [5, 5.41) is 15.2. The smallest absolute Gasteiger partial charge is 0.246 e. The van der Waals surface area contributed by atoms with Gasteiger partial charge < -0.3 is 26.0 Å². The number of carbonyl (C=O) groups excluding carboxylic acids is 4. The highest BCUT2D eigenvalue weighted by Gasteiger charge is 2.35. The lowest BCUT2D eigenvalue weighted by Crippen LogP contribution is -2.57. The lowest BCUT2D eigenvalue weighted by atomic mass is 10.0. The van der Waals surface area contributed by atoms with E-state index in [2.05, 4.69) is 26.4 Å². The van der Waals surface area contributed by atoms with E-state index < -0.39 is 64.4 Å². The molecule has 4 atom stereocenters. The summed E-state index contributed by atoms with van der Waals surface area (Å²) in [6.07, 6.45) is 3.71. The standard InChI is InChI=1S/C32H49N7O7S/c1-8-13-38-17-25(16-33-38)47(44,45)39-18-28(21(4)5)37-30(41)22(6)34-31(42)27(15-23-9-11-24(46-7)12-10-23)36-32(43)26(14-20(2)3)35-29(40)19-39/h9-12,16-17,20-22,26-28H,8,13-15,18-19H2,1-7H3,(H,34,42)(H,35,40)(H,36,43)(H,37,41)/t22-,26+,27+,28-/m1/s1. The summed E-state index contributed by atoms with van der Waals surface area (Å²) in [7, 11) is -2.72. The summed E-state index contributed by atoms with van der Waals surface area (Å²) >= 11 is 0. The van der Waals surface area contributed by atoms with Crippen molar-refractivity contribution in [3.63, 3.8) is 0 Å². The molecule has 1 aromatic carbocycles. The summed E-state index contributed by atoms with van der Waals surface area (Å²) in [6.45, 7) is 10.5. The average molecular weight is 676 g/mol. The summed E-state index contributed by atoms with van der Waals surface area (Å²) in [5.41, 5.74) is 0.730. The minimum atomic E-state index is -4.25. The minimum absolute atomic E-state index is 0.0293. The van der Waals surface area contributed by atoms with Gasteiger partial charge in [-0.25, -0.2) is 8.42 Å². The second-order valence-corrected chi connectivity index (χ2v) is 14.6. The first-order valence-corrected chi connectivity index (χ1v) is 17.4. The van der Waals surface area contributed by atoms with Gasteiger partial charge in [-0.1, -0.05) is 46.8 Å². The molecule has 0 spiro atoms. The largest absolute Gasteiger partial charge is 0.497 e. The van der Waals surface area contributed by atoms with Crippen LogP contribution in [0.4, 0.5) is 0 Å². The number of ether oxygens (including phenoxy) is 1. The maximum Gasteiger partial charge on any atom is 0.246 e. The molecular formula is C32H49N7O7S. The Morgan fingerprint density at radius 1 is 0.936 bits per heavy atom. The van der Waals surface area contributed by atoms with Crippen LogP contribution in [0.1, 0.15) is 59.9 Å². The SMILES string of the molecule is CCCn1cc(S(=O)(=O)N2CC(=O)N[C@@H](CC(C)C)C(=O)N[C@@H](Cc3ccc(OC)cc3)C(=O)N[C@H](C)C(=O)N[C@@H](C(C)C)C2)cn1. The Kier molecular flexibility index (Phi) is 13.3. The third-order valence-corrected chi connectivity index (χ3v) is 9.66. The third kappa shape index (κ3) is 10.5. The van der Waals surface area contributed by atoms with Crippen molar-refractivity contribution in [1.82, 2.24) is 35.4 Å². The number of amides is 4. The van der Waals surface area contributed by atoms with E-state index in [1.165, 1.54) is 31.1 Å². The van der Waals surface area contributed by atoms with Crippen molar-refractivity contribution < 1.29 is 32.3 Å². The molecule has 14 nitrogen and oxygen atoms in total. The van der Waals surface area contributed by atoms with Gasteiger partial charge in [0.15, 0.2) is 0 Å². The molecule has 1 aromatic heterocycles. The van der Waals surface area contributed by atoms with Gasteiger partial charge >= 0.3 is 0 Å². The van der Waals surface area contributed by atoms with Crippen molar-refractivity contribution in [1.29, 1.82) is 0 Å². The zero-order valence-electron chi connectivity index (χ0n) is 28.3. The molecule has 1 aliphatic rings. The number of carbonyl (C=O) groups is 4. The minimum Gasteiger partial charge on any atom is -0.497 e. The summed E-state index contributed by atoms with van der Waals surface area (Å²) in [5.74, 6) is -2.10. The molecule has 0 radical (unpaired) electrons. The first-order chi connectivity index (χ1) is 22.1. The maximum absolute atomic E-state index is 13.9. The van der Waals surface area contributed by atoms with Crippen LogP contribution in [0.3, 0.4) is 0 Å². The number of nitrogens with zero attached hydrogens (tertiary/aromatic N) is 3. The predicted molar refractivity (Wildman–Crippen MR) is 176 cm³/mol. The number of hydrogen-bond donors (Lipinski definition) is 4. The molecular weight excluding hydrogens is 626 g/mol. The molecule has 4 amide bonds. The fourth-order valence-corrected chi connectivity index (χ4v) is 6.52. The van der Waals surface area contributed by atoms with Gasteiger partial charge in [0.05, 0.1) is 19.9 Å². The molecule has 0 aliphatic carbocycles. The van der Waals surface area contributed by atoms with Gasteiger partial charge in [0.2, 0.25) is 33.7 Å². The van der Waals surface area contributed by atoms with Gasteiger partial charge in [-0.05, 0) is 49.3 Å². The molecule has 15 heteroatoms. The number of sulfonamides is 1. The van der Waals surface area contributed by atoms with E-state index in [1.54, 1.807) is 24.3 Å². The number of nitrogens with one attached hydrogen (secondary N) is 4. The van der Waals surface area contributed by atoms with E-state index in [1.807, 2.05) is 34.6 Å². The van der Waals surface area contributed by atoms with Crippen molar-refractivity contribution in [2.45, 2.75) is 96.4 Å². The van der Waals surface area contributed by atoms with Crippen molar-refractivity contribution in [3.05, 3.63) is 42.2 Å². The summed E-state index contributed by atoms with van der Waals surface area (Å²) in [4.78, 5) is 54.1. The van der Waals surface area contributed by atoms with Gasteiger partial charge in [-0.2, -0.15) is 9.40 Å². The predicted octanol–water partition coefficient (Wildman–Crippen LogP) is 1.21. The molecule has 1 aliphatic heterocycles. The van der Waals surface area contributed by atoms with Gasteiger partial charge in [-0.15, -0.1) is 0 Å². The Hall–Kier alpha value is -3.98. The molecule has 1 saturated heterocycles. The number of aryl methyl sites for hydroxylation is 1. The summed E-state index contributed by atoms with van der Waals surface area (Å²) < 4.78 is 35.6. The van der Waals surface area contributed by atoms with E-state index >= 15 is 0 Å². The van der Waals surface area contributed by atoms with E-state index in [-0.39, 0.29) is 36.1 Å². The Balaban J connectivity index is 2.02. The van der Waals surface area contributed by atoms with Crippen molar-refractivity contribution in [2.24, 2.45) is 11.8 Å². The lowest BCUT2D eigenvalue weighted by Gasteiger charge is -2.30. The molecule has 2 aromatic rings. The van der Waals surface area contributed by atoms with E-state index in [4.69, 9.17) is 4.74 Å². The molecule has 3 rings (SSSR count). The average Bonchev–Trinajstić information content (AvgIpc) is 3.48. The number of methoxy groups -OCH3 is 1. The van der Waals surface area contributed by atoms with Gasteiger partial charge in [0, 0.05) is 31.7 Å². The number of hydrogen-bond acceptors (Lipinski definition) is 8. The molecule has 47 heavy (non-hydrogen) atoms. The van der Waals surface area contributed by atoms with E-state index in [0.717, 1.165) is 16.3 Å². The maximum atomic E-state index is 13.9. The van der Waals surface area contributed by atoms with Crippen molar-refractivity contribution in [3.8, 4) is 5.75 Å². The molecule has 0 saturated carbocycles. The van der Waals surface area contributed by atoms with E-state index in [0.29, 0.717) is 12.3 Å². The van der Waals surface area contributed by atoms with E-state index in [9.17, 15) is 27.6 Å². The molecule has 4 N–H and O–H groups in total. The lowest BCUT2D eigenvalue weighted by molar-refractivity contribution is -0.133. The van der Waals surface area contributed by atoms with Crippen LogP contribution in [-0.2, 0) is 42.2 Å². The first-order valence-electron chi connectivity index (χ1n) is 16.0. The zero-order valence-corrected chi connectivity index (χ0v) is 29.1. The molecule has 0 unspecified atom stereocenters.